The Balaban J connectivity index is 2.22. The summed E-state index contributed by atoms with van der Waals surface area (Å²) < 4.78 is 5.30. The van der Waals surface area contributed by atoms with E-state index >= 15 is 0 Å². The van der Waals surface area contributed by atoms with E-state index in [0.29, 0.717) is 23.6 Å². The maximum Gasteiger partial charge on any atom is 0.256 e. The van der Waals surface area contributed by atoms with Crippen LogP contribution in [-0.2, 0) is 5.41 Å². The van der Waals surface area contributed by atoms with Crippen LogP contribution in [0.4, 0.5) is 0 Å². The Morgan fingerprint density at radius 3 is 2.35 bits per heavy atom. The van der Waals surface area contributed by atoms with Crippen LogP contribution in [-0.4, -0.2) is 35.6 Å². The number of carbonyl (C=O) groups excluding carboxylic acids is 1. The third-order valence-electron chi connectivity index (χ3n) is 4.69. The van der Waals surface area contributed by atoms with Crippen LogP contribution in [0.25, 0.3) is 0 Å². The molecule has 1 heterocycles. The molecule has 26 heavy (non-hydrogen) atoms. The average Bonchev–Trinajstić information content (AvgIpc) is 3.01. The number of likely N-dealkylation sites (N-methyl/N-ethyl adjacent to an activating group) is 1. The Kier molecular flexibility index (Phi) is 6.59. The lowest BCUT2D eigenvalue weighted by Gasteiger charge is -2.30. The first-order valence-electron chi connectivity index (χ1n) is 9.33. The van der Waals surface area contributed by atoms with Crippen LogP contribution in [0.15, 0.2) is 34.9 Å². The Bertz CT molecular complexity index is 713. The monoisotopic (exact) mass is 357 g/mol. The van der Waals surface area contributed by atoms with Gasteiger partial charge in [0.05, 0.1) is 6.04 Å². The fourth-order valence-electron chi connectivity index (χ4n) is 3.23. The van der Waals surface area contributed by atoms with Gasteiger partial charge in [-0.2, -0.15) is 0 Å². The molecule has 0 saturated heterocycles. The number of nitrogens with zero attached hydrogens (tertiary/aromatic N) is 2. The predicted octanol–water partition coefficient (Wildman–Crippen LogP) is 4.09. The van der Waals surface area contributed by atoms with E-state index in [0.717, 1.165) is 13.1 Å². The van der Waals surface area contributed by atoms with E-state index in [1.54, 1.807) is 6.92 Å². The van der Waals surface area contributed by atoms with Crippen LogP contribution < -0.4 is 5.32 Å². The van der Waals surface area contributed by atoms with E-state index in [1.807, 2.05) is 39.0 Å². The van der Waals surface area contributed by atoms with Crippen LogP contribution >= 0.6 is 0 Å². The van der Waals surface area contributed by atoms with Crippen LogP contribution in [0.3, 0.4) is 0 Å². The van der Waals surface area contributed by atoms with E-state index in [9.17, 15) is 4.79 Å². The first-order valence-corrected chi connectivity index (χ1v) is 9.33. The van der Waals surface area contributed by atoms with E-state index in [2.05, 4.69) is 41.4 Å². The van der Waals surface area contributed by atoms with Gasteiger partial charge >= 0.3 is 0 Å². The number of carbonyl (C=O) groups is 1. The molecule has 1 atom stereocenters. The molecular weight excluding hydrogens is 326 g/mol. The number of amides is 1. The highest BCUT2D eigenvalue weighted by molar-refractivity contribution is 5.96. The zero-order valence-corrected chi connectivity index (χ0v) is 16.8. The van der Waals surface area contributed by atoms with Gasteiger partial charge in [-0.25, -0.2) is 0 Å². The first kappa shape index (κ1) is 20.2. The van der Waals surface area contributed by atoms with Gasteiger partial charge in [0.15, 0.2) is 0 Å². The largest absolute Gasteiger partial charge is 0.361 e. The van der Waals surface area contributed by atoms with Crippen LogP contribution in [0.2, 0.25) is 0 Å². The van der Waals surface area contributed by atoms with Crippen molar-refractivity contribution in [2.75, 3.05) is 19.6 Å². The quantitative estimate of drug-likeness (QED) is 0.811. The topological polar surface area (TPSA) is 58.4 Å². The molecule has 1 amide bonds. The number of rotatable bonds is 7. The van der Waals surface area contributed by atoms with Crippen molar-refractivity contribution >= 4 is 5.91 Å². The van der Waals surface area contributed by atoms with Crippen LogP contribution in [0.5, 0.6) is 0 Å². The second-order valence-corrected chi connectivity index (χ2v) is 7.57. The van der Waals surface area contributed by atoms with E-state index in [-0.39, 0.29) is 17.4 Å². The third-order valence-corrected chi connectivity index (χ3v) is 4.69. The van der Waals surface area contributed by atoms with Gasteiger partial charge in [0, 0.05) is 12.0 Å². The molecule has 0 radical (unpaired) electrons. The smallest absolute Gasteiger partial charge is 0.256 e. The van der Waals surface area contributed by atoms with Gasteiger partial charge in [0.25, 0.3) is 5.91 Å². The minimum atomic E-state index is -0.248. The Morgan fingerprint density at radius 2 is 1.81 bits per heavy atom. The summed E-state index contributed by atoms with van der Waals surface area (Å²) in [6.45, 7) is 14.6. The molecule has 1 N–H and O–H groups in total. The molecular formula is C21H31N3O2. The maximum atomic E-state index is 12.9. The number of aryl methyl sites for hydroxylation is 1. The minimum absolute atomic E-state index is 0.123. The molecule has 0 saturated carbocycles. The molecule has 0 aliphatic carbocycles. The number of aromatic nitrogens is 1. The van der Waals surface area contributed by atoms with E-state index in [4.69, 9.17) is 4.52 Å². The van der Waals surface area contributed by atoms with Gasteiger partial charge in [-0.15, -0.1) is 0 Å². The van der Waals surface area contributed by atoms with Gasteiger partial charge in [-0.1, -0.05) is 70.1 Å². The molecule has 142 valence electrons. The van der Waals surface area contributed by atoms with Gasteiger partial charge in [-0.05, 0) is 25.6 Å². The number of nitrogens with one attached hydrogen (secondary N) is 1. The van der Waals surface area contributed by atoms with Crippen molar-refractivity contribution in [3.63, 3.8) is 0 Å². The Morgan fingerprint density at radius 1 is 1.19 bits per heavy atom. The van der Waals surface area contributed by atoms with Crippen molar-refractivity contribution in [2.24, 2.45) is 0 Å². The Hall–Kier alpha value is -2.14. The fraction of sp³-hybridized carbons (Fsp3) is 0.524. The van der Waals surface area contributed by atoms with Crippen molar-refractivity contribution in [1.29, 1.82) is 0 Å². The van der Waals surface area contributed by atoms with E-state index in [1.165, 1.54) is 5.56 Å². The molecule has 1 aromatic heterocycles. The van der Waals surface area contributed by atoms with Gasteiger partial charge in [0.2, 0.25) is 0 Å². The van der Waals surface area contributed by atoms with Gasteiger partial charge < -0.3 is 9.84 Å². The zero-order chi connectivity index (χ0) is 19.3. The molecule has 5 heteroatoms. The molecule has 2 aromatic rings. The van der Waals surface area contributed by atoms with Gasteiger partial charge in [-0.3, -0.25) is 9.69 Å². The van der Waals surface area contributed by atoms with Crippen molar-refractivity contribution in [1.82, 2.24) is 15.4 Å². The lowest BCUT2D eigenvalue weighted by molar-refractivity contribution is 0.0931. The molecule has 0 aliphatic heterocycles. The summed E-state index contributed by atoms with van der Waals surface area (Å²) in [7, 11) is 0. The summed E-state index contributed by atoms with van der Waals surface area (Å²) in [5.74, 6) is 0.438. The highest BCUT2D eigenvalue weighted by Gasteiger charge is 2.29. The fourth-order valence-corrected chi connectivity index (χ4v) is 3.23. The predicted molar refractivity (Wildman–Crippen MR) is 104 cm³/mol. The first-order chi connectivity index (χ1) is 12.3. The van der Waals surface area contributed by atoms with Crippen molar-refractivity contribution in [3.05, 3.63) is 52.9 Å². The standard InChI is InChI=1S/C21H31N3O2/c1-7-24(8-2)17(16-12-10-9-11-13-16)14-22-20(25)18-15(3)26-23-19(18)21(4,5)6/h9-13,17H,7-8,14H2,1-6H3,(H,22,25). The molecule has 5 nitrogen and oxygen atoms in total. The molecule has 0 spiro atoms. The van der Waals surface area contributed by atoms with E-state index < -0.39 is 0 Å². The van der Waals surface area contributed by atoms with Crippen LogP contribution in [0.1, 0.15) is 68.0 Å². The lowest BCUT2D eigenvalue weighted by atomic mass is 9.88. The van der Waals surface area contributed by atoms with Crippen molar-refractivity contribution < 1.29 is 9.32 Å². The Labute approximate surface area is 156 Å². The summed E-state index contributed by atoms with van der Waals surface area (Å²) >= 11 is 0. The second-order valence-electron chi connectivity index (χ2n) is 7.57. The second kappa shape index (κ2) is 8.49. The molecule has 1 unspecified atom stereocenters. The molecule has 0 aliphatic rings. The average molecular weight is 357 g/mol. The SMILES string of the molecule is CCN(CC)C(CNC(=O)c1c(C(C)(C)C)noc1C)c1ccccc1. The van der Waals surface area contributed by atoms with Crippen molar-refractivity contribution in [3.8, 4) is 0 Å². The number of hydrogen-bond donors (Lipinski definition) is 1. The number of hydrogen-bond acceptors (Lipinski definition) is 4. The molecule has 0 fully saturated rings. The minimum Gasteiger partial charge on any atom is -0.361 e. The summed E-state index contributed by atoms with van der Waals surface area (Å²) in [5, 5.41) is 7.22. The maximum absolute atomic E-state index is 12.9. The van der Waals surface area contributed by atoms with Gasteiger partial charge in [0.1, 0.15) is 17.0 Å². The van der Waals surface area contributed by atoms with Crippen molar-refractivity contribution in [2.45, 2.75) is 53.0 Å². The molecule has 2 rings (SSSR count). The zero-order valence-electron chi connectivity index (χ0n) is 16.8. The summed E-state index contributed by atoms with van der Waals surface area (Å²) in [6.07, 6.45) is 0. The lowest BCUT2D eigenvalue weighted by Crippen LogP contribution is -2.38. The highest BCUT2D eigenvalue weighted by Crippen LogP contribution is 2.27. The van der Waals surface area contributed by atoms with Crippen LogP contribution in [0, 0.1) is 6.92 Å². The molecule has 1 aromatic carbocycles. The summed E-state index contributed by atoms with van der Waals surface area (Å²) in [5.41, 5.74) is 2.22. The summed E-state index contributed by atoms with van der Waals surface area (Å²) in [6, 6.07) is 10.4. The number of benzene rings is 1. The highest BCUT2D eigenvalue weighted by atomic mass is 16.5. The molecule has 0 bridgehead atoms. The summed E-state index contributed by atoms with van der Waals surface area (Å²) in [4.78, 5) is 15.2. The third kappa shape index (κ3) is 4.52. The normalized spacial score (nSPS) is 13.0.